The van der Waals surface area contributed by atoms with Crippen LogP contribution in [0, 0.1) is 0 Å². The van der Waals surface area contributed by atoms with Gasteiger partial charge in [-0.15, -0.1) is 0 Å². The van der Waals surface area contributed by atoms with E-state index < -0.39 is 21.7 Å². The maximum Gasteiger partial charge on any atom is 0.235 e. The largest absolute Gasteiger partial charge is 0.372 e. The number of benzene rings is 1. The second kappa shape index (κ2) is 7.82. The van der Waals surface area contributed by atoms with Crippen LogP contribution in [0.2, 0.25) is 0 Å². The predicted molar refractivity (Wildman–Crippen MR) is 109 cm³/mol. The fourth-order valence-electron chi connectivity index (χ4n) is 3.33. The first-order valence-electron chi connectivity index (χ1n) is 9.49. The van der Waals surface area contributed by atoms with E-state index in [0.717, 1.165) is 50.5 Å². The van der Waals surface area contributed by atoms with E-state index in [1.807, 2.05) is 24.3 Å². The Kier molecular flexibility index (Phi) is 5.49. The Bertz CT molecular complexity index is 1070. The molecule has 27 heavy (non-hydrogen) atoms. The van der Waals surface area contributed by atoms with Crippen LogP contribution in [0.25, 0.3) is 22.3 Å². The van der Waals surface area contributed by atoms with Crippen LogP contribution in [-0.2, 0) is 0 Å². The highest BCUT2D eigenvalue weighted by atomic mass is 16.2. The molecule has 0 saturated carbocycles. The van der Waals surface area contributed by atoms with Crippen LogP contribution in [0.15, 0.2) is 49.5 Å². The molecule has 0 spiro atoms. The van der Waals surface area contributed by atoms with Crippen molar-refractivity contribution in [1.82, 2.24) is 0 Å². The zero-order valence-corrected chi connectivity index (χ0v) is 15.7. The molecule has 0 aliphatic rings. The van der Waals surface area contributed by atoms with Crippen molar-refractivity contribution < 1.29 is 0 Å². The topological polar surface area (TPSA) is 71.5 Å². The third-order valence-electron chi connectivity index (χ3n) is 5.01. The van der Waals surface area contributed by atoms with E-state index in [4.69, 9.17) is 0 Å². The SMILES string of the molecule is CCCCN(CCCC)c1ccc(-c2c(-c3cc(=O)c3=O)c(=O)c2=O)cc1. The maximum absolute atomic E-state index is 12.1. The fraction of sp³-hybridized carbons (Fsp3) is 0.364. The molecule has 0 heterocycles. The molecule has 3 aromatic carbocycles. The van der Waals surface area contributed by atoms with Gasteiger partial charge in [-0.05, 0) is 30.5 Å². The third-order valence-corrected chi connectivity index (χ3v) is 5.01. The Morgan fingerprint density at radius 3 is 1.78 bits per heavy atom. The molecule has 0 aliphatic heterocycles. The first kappa shape index (κ1) is 19.0. The minimum atomic E-state index is -0.690. The summed E-state index contributed by atoms with van der Waals surface area (Å²) in [6.07, 6.45) is 4.46. The molecule has 5 nitrogen and oxygen atoms in total. The zero-order valence-electron chi connectivity index (χ0n) is 15.7. The molecule has 0 N–H and O–H groups in total. The van der Waals surface area contributed by atoms with Gasteiger partial charge in [0.15, 0.2) is 0 Å². The minimum Gasteiger partial charge on any atom is -0.372 e. The molecule has 140 valence electrons. The van der Waals surface area contributed by atoms with Crippen molar-refractivity contribution in [1.29, 1.82) is 0 Å². The highest BCUT2D eigenvalue weighted by molar-refractivity contribution is 5.88. The molecule has 0 bridgehead atoms. The number of nitrogens with zero attached hydrogens (tertiary/aromatic N) is 1. The van der Waals surface area contributed by atoms with Crippen LogP contribution in [0.1, 0.15) is 39.5 Å². The highest BCUT2D eigenvalue weighted by Gasteiger charge is 2.27. The van der Waals surface area contributed by atoms with Crippen LogP contribution < -0.4 is 26.6 Å². The number of hydrogen-bond donors (Lipinski definition) is 0. The van der Waals surface area contributed by atoms with E-state index in [1.54, 1.807) is 0 Å². The van der Waals surface area contributed by atoms with Gasteiger partial charge in [0.25, 0.3) is 0 Å². The van der Waals surface area contributed by atoms with Crippen molar-refractivity contribution in [2.75, 3.05) is 18.0 Å². The summed E-state index contributed by atoms with van der Waals surface area (Å²) >= 11 is 0. The van der Waals surface area contributed by atoms with Gasteiger partial charge in [-0.2, -0.15) is 0 Å². The van der Waals surface area contributed by atoms with Gasteiger partial charge in [-0.1, -0.05) is 38.8 Å². The molecular formula is C22H23NO4. The number of rotatable bonds is 9. The summed E-state index contributed by atoms with van der Waals surface area (Å²) < 4.78 is 0. The van der Waals surface area contributed by atoms with Gasteiger partial charge >= 0.3 is 0 Å². The standard InChI is InChI=1S/C22H23NO4/c1-3-5-11-23(12-6-4-2)15-9-7-14(8-10-15)18-19(22(27)21(18)26)16-13-17(24)20(16)25/h7-10,13H,3-6,11-12H2,1-2H3. The van der Waals surface area contributed by atoms with Gasteiger partial charge in [-0.3, -0.25) is 19.2 Å². The minimum absolute atomic E-state index is 0.0659. The van der Waals surface area contributed by atoms with Crippen LogP contribution in [0.3, 0.4) is 0 Å². The highest BCUT2D eigenvalue weighted by Crippen LogP contribution is 2.28. The molecule has 0 atom stereocenters. The van der Waals surface area contributed by atoms with Gasteiger partial charge in [-0.25, -0.2) is 0 Å². The molecule has 5 heteroatoms. The second-order valence-corrected chi connectivity index (χ2v) is 6.90. The molecule has 3 aromatic rings. The quantitative estimate of drug-likeness (QED) is 0.545. The van der Waals surface area contributed by atoms with E-state index in [-0.39, 0.29) is 16.7 Å². The van der Waals surface area contributed by atoms with Crippen LogP contribution in [-0.4, -0.2) is 13.1 Å². The van der Waals surface area contributed by atoms with Gasteiger partial charge in [0.05, 0.1) is 0 Å². The Labute approximate surface area is 157 Å². The maximum atomic E-state index is 12.1. The number of unbranched alkanes of at least 4 members (excludes halogenated alkanes) is 2. The van der Waals surface area contributed by atoms with Crippen molar-refractivity contribution in [3.63, 3.8) is 0 Å². The van der Waals surface area contributed by atoms with Gasteiger partial charge in [0.1, 0.15) is 0 Å². The summed E-state index contributed by atoms with van der Waals surface area (Å²) in [5.41, 5.74) is -0.512. The van der Waals surface area contributed by atoms with Crippen molar-refractivity contribution in [3.05, 3.63) is 71.2 Å². The molecule has 0 saturated heterocycles. The third kappa shape index (κ3) is 3.42. The van der Waals surface area contributed by atoms with E-state index >= 15 is 0 Å². The molecule has 0 aromatic heterocycles. The van der Waals surface area contributed by atoms with Gasteiger partial charge in [0, 0.05) is 41.5 Å². The average molecular weight is 365 g/mol. The molecule has 3 rings (SSSR count). The van der Waals surface area contributed by atoms with Crippen LogP contribution in [0.5, 0.6) is 0 Å². The summed E-state index contributed by atoms with van der Waals surface area (Å²) in [7, 11) is 0. The first-order valence-corrected chi connectivity index (χ1v) is 9.49. The van der Waals surface area contributed by atoms with E-state index in [2.05, 4.69) is 18.7 Å². The predicted octanol–water partition coefficient (Wildman–Crippen LogP) is 2.62. The Morgan fingerprint density at radius 1 is 0.741 bits per heavy atom. The molecular weight excluding hydrogens is 342 g/mol. The van der Waals surface area contributed by atoms with Crippen LogP contribution >= 0.6 is 0 Å². The summed E-state index contributed by atoms with van der Waals surface area (Å²) in [4.78, 5) is 49.1. The fourth-order valence-corrected chi connectivity index (χ4v) is 3.33. The van der Waals surface area contributed by atoms with Crippen molar-refractivity contribution in [2.24, 2.45) is 0 Å². The lowest BCUT2D eigenvalue weighted by molar-refractivity contribution is 0.678. The summed E-state index contributed by atoms with van der Waals surface area (Å²) in [5, 5.41) is 0. The smallest absolute Gasteiger partial charge is 0.235 e. The van der Waals surface area contributed by atoms with Gasteiger partial charge in [0.2, 0.25) is 21.7 Å². The Balaban J connectivity index is 1.90. The summed E-state index contributed by atoms with van der Waals surface area (Å²) in [6, 6.07) is 8.65. The molecule has 0 aliphatic carbocycles. The lowest BCUT2D eigenvalue weighted by Gasteiger charge is -2.25. The van der Waals surface area contributed by atoms with Crippen molar-refractivity contribution in [3.8, 4) is 22.3 Å². The second-order valence-electron chi connectivity index (χ2n) is 6.90. The number of anilines is 1. The van der Waals surface area contributed by atoms with E-state index in [1.165, 1.54) is 0 Å². The molecule has 0 unspecified atom stereocenters. The first-order chi connectivity index (χ1) is 13.0. The summed E-state index contributed by atoms with van der Waals surface area (Å²) in [6.45, 7) is 6.28. The average Bonchev–Trinajstić information content (AvgIpc) is 2.70. The molecule has 0 radical (unpaired) electrons. The number of hydrogen-bond acceptors (Lipinski definition) is 5. The molecule has 0 fully saturated rings. The lowest BCUT2D eigenvalue weighted by atomic mass is 9.87. The van der Waals surface area contributed by atoms with Gasteiger partial charge < -0.3 is 4.90 Å². The Morgan fingerprint density at radius 2 is 1.30 bits per heavy atom. The van der Waals surface area contributed by atoms with Crippen LogP contribution in [0.4, 0.5) is 5.69 Å². The summed E-state index contributed by atoms with van der Waals surface area (Å²) in [5.74, 6) is 0. The van der Waals surface area contributed by atoms with Crippen molar-refractivity contribution >= 4 is 5.69 Å². The normalized spacial score (nSPS) is 11.3. The van der Waals surface area contributed by atoms with E-state index in [9.17, 15) is 19.2 Å². The molecule has 0 amide bonds. The van der Waals surface area contributed by atoms with E-state index in [0.29, 0.717) is 5.56 Å². The van der Waals surface area contributed by atoms with Crippen molar-refractivity contribution in [2.45, 2.75) is 39.5 Å². The monoisotopic (exact) mass is 365 g/mol. The lowest BCUT2D eigenvalue weighted by Crippen LogP contribution is -2.41. The Hall–Kier alpha value is -2.82. The zero-order chi connectivity index (χ0) is 19.6.